The van der Waals surface area contributed by atoms with Crippen molar-refractivity contribution in [3.05, 3.63) is 28.8 Å². The largest absolute Gasteiger partial charge is 0.487 e. The topological polar surface area (TPSA) is 24.5 Å². The van der Waals surface area contributed by atoms with Crippen molar-refractivity contribution in [3.8, 4) is 5.75 Å². The minimum absolute atomic E-state index is 0.0160. The standard InChI is InChI=1S/C15H21ClN2O/c1-18(2)13-10-15(5-7-17-8-6-15)19-14-9-11(16)3-4-12(13)14/h3-4,9,13,17H,5-8,10H2,1-2H3. The molecule has 3 rings (SSSR count). The van der Waals surface area contributed by atoms with Gasteiger partial charge in [-0.3, -0.25) is 0 Å². The van der Waals surface area contributed by atoms with E-state index in [2.05, 4.69) is 30.4 Å². The minimum atomic E-state index is -0.0160. The van der Waals surface area contributed by atoms with E-state index >= 15 is 0 Å². The van der Waals surface area contributed by atoms with Crippen molar-refractivity contribution in [3.63, 3.8) is 0 Å². The summed E-state index contributed by atoms with van der Waals surface area (Å²) in [4.78, 5) is 2.29. The maximum absolute atomic E-state index is 6.37. The molecule has 2 aliphatic heterocycles. The molecule has 1 unspecified atom stereocenters. The summed E-state index contributed by atoms with van der Waals surface area (Å²) >= 11 is 6.13. The quantitative estimate of drug-likeness (QED) is 0.856. The van der Waals surface area contributed by atoms with Gasteiger partial charge in [-0.25, -0.2) is 0 Å². The highest BCUT2D eigenvalue weighted by molar-refractivity contribution is 6.30. The number of fused-ring (bicyclic) bond motifs is 1. The Labute approximate surface area is 119 Å². The van der Waals surface area contributed by atoms with Crippen molar-refractivity contribution >= 4 is 11.6 Å². The first-order valence-electron chi connectivity index (χ1n) is 6.95. The van der Waals surface area contributed by atoms with E-state index in [1.54, 1.807) is 0 Å². The molecule has 104 valence electrons. The fourth-order valence-electron chi connectivity index (χ4n) is 3.26. The van der Waals surface area contributed by atoms with Crippen LogP contribution < -0.4 is 10.1 Å². The van der Waals surface area contributed by atoms with E-state index in [1.807, 2.05) is 12.1 Å². The first kappa shape index (κ1) is 13.2. The number of halogens is 1. The van der Waals surface area contributed by atoms with Crippen molar-refractivity contribution in [1.29, 1.82) is 0 Å². The van der Waals surface area contributed by atoms with Crippen LogP contribution in [0.3, 0.4) is 0 Å². The number of hydrogen-bond acceptors (Lipinski definition) is 3. The van der Waals surface area contributed by atoms with Crippen molar-refractivity contribution in [2.24, 2.45) is 0 Å². The molecule has 0 radical (unpaired) electrons. The Morgan fingerprint density at radius 1 is 1.32 bits per heavy atom. The van der Waals surface area contributed by atoms with Crippen LogP contribution in [0.2, 0.25) is 5.02 Å². The first-order chi connectivity index (χ1) is 9.10. The molecular weight excluding hydrogens is 260 g/mol. The van der Waals surface area contributed by atoms with E-state index in [4.69, 9.17) is 16.3 Å². The fraction of sp³-hybridized carbons (Fsp3) is 0.600. The molecule has 0 amide bonds. The molecule has 19 heavy (non-hydrogen) atoms. The van der Waals surface area contributed by atoms with Crippen molar-refractivity contribution in [2.75, 3.05) is 27.2 Å². The average molecular weight is 281 g/mol. The fourth-order valence-corrected chi connectivity index (χ4v) is 3.42. The Morgan fingerprint density at radius 3 is 2.74 bits per heavy atom. The molecule has 0 bridgehead atoms. The lowest BCUT2D eigenvalue weighted by atomic mass is 9.80. The summed E-state index contributed by atoms with van der Waals surface area (Å²) in [5.74, 6) is 0.972. The van der Waals surface area contributed by atoms with Gasteiger partial charge in [0.05, 0.1) is 0 Å². The van der Waals surface area contributed by atoms with Crippen molar-refractivity contribution < 1.29 is 4.74 Å². The van der Waals surface area contributed by atoms with Gasteiger partial charge in [0, 0.05) is 23.0 Å². The molecule has 0 aliphatic carbocycles. The SMILES string of the molecule is CN(C)C1CC2(CCNCC2)Oc2cc(Cl)ccc21. The highest BCUT2D eigenvalue weighted by Gasteiger charge is 2.42. The Bertz CT molecular complexity index is 469. The molecule has 2 aliphatic rings. The summed E-state index contributed by atoms with van der Waals surface area (Å²) in [6, 6.07) is 6.45. The van der Waals surface area contributed by atoms with E-state index in [-0.39, 0.29) is 5.60 Å². The molecule has 4 heteroatoms. The van der Waals surface area contributed by atoms with Gasteiger partial charge in [0.15, 0.2) is 0 Å². The zero-order chi connectivity index (χ0) is 13.5. The van der Waals surface area contributed by atoms with Crippen LogP contribution in [0, 0.1) is 0 Å². The number of benzene rings is 1. The Balaban J connectivity index is 1.99. The Kier molecular flexibility index (Phi) is 3.46. The normalized spacial score (nSPS) is 25.2. The number of rotatable bonds is 1. The molecule has 1 aromatic carbocycles. The van der Waals surface area contributed by atoms with Crippen LogP contribution >= 0.6 is 11.6 Å². The maximum atomic E-state index is 6.37. The van der Waals surface area contributed by atoms with Gasteiger partial charge in [-0.1, -0.05) is 17.7 Å². The van der Waals surface area contributed by atoms with Gasteiger partial charge < -0.3 is 15.0 Å². The molecule has 1 spiro atoms. The lowest BCUT2D eigenvalue weighted by Crippen LogP contribution is -2.50. The van der Waals surface area contributed by atoms with E-state index in [9.17, 15) is 0 Å². The molecule has 0 aromatic heterocycles. The minimum Gasteiger partial charge on any atom is -0.487 e. The van der Waals surface area contributed by atoms with Gasteiger partial charge >= 0.3 is 0 Å². The molecule has 0 saturated carbocycles. The molecule has 1 saturated heterocycles. The van der Waals surface area contributed by atoms with E-state index in [0.717, 1.165) is 43.1 Å². The van der Waals surface area contributed by atoms with E-state index < -0.39 is 0 Å². The van der Waals surface area contributed by atoms with Gasteiger partial charge in [-0.2, -0.15) is 0 Å². The van der Waals surface area contributed by atoms with Crippen LogP contribution in [0.5, 0.6) is 5.75 Å². The third-order valence-electron chi connectivity index (χ3n) is 4.36. The highest BCUT2D eigenvalue weighted by Crippen LogP contribution is 2.45. The summed E-state index contributed by atoms with van der Waals surface area (Å²) in [5, 5.41) is 4.17. The van der Waals surface area contributed by atoms with Gasteiger partial charge in [0.25, 0.3) is 0 Å². The summed E-state index contributed by atoms with van der Waals surface area (Å²) < 4.78 is 6.37. The number of nitrogens with one attached hydrogen (secondary N) is 1. The molecular formula is C15H21ClN2O. The van der Waals surface area contributed by atoms with Crippen LogP contribution in [-0.4, -0.2) is 37.7 Å². The molecule has 2 heterocycles. The summed E-state index contributed by atoms with van der Waals surface area (Å²) in [7, 11) is 4.28. The smallest absolute Gasteiger partial charge is 0.126 e. The van der Waals surface area contributed by atoms with Crippen molar-refractivity contribution in [1.82, 2.24) is 10.2 Å². The van der Waals surface area contributed by atoms with Gasteiger partial charge in [0.2, 0.25) is 0 Å². The predicted molar refractivity (Wildman–Crippen MR) is 78.0 cm³/mol. The molecule has 1 N–H and O–H groups in total. The zero-order valence-corrected chi connectivity index (χ0v) is 12.3. The van der Waals surface area contributed by atoms with Crippen LogP contribution in [-0.2, 0) is 0 Å². The number of piperidine rings is 1. The highest BCUT2D eigenvalue weighted by atomic mass is 35.5. The van der Waals surface area contributed by atoms with Crippen LogP contribution in [0.15, 0.2) is 18.2 Å². The monoisotopic (exact) mass is 280 g/mol. The Hall–Kier alpha value is -0.770. The van der Waals surface area contributed by atoms with Gasteiger partial charge in [-0.05, 0) is 52.2 Å². The summed E-state index contributed by atoms with van der Waals surface area (Å²) in [6.07, 6.45) is 3.21. The average Bonchev–Trinajstić information content (AvgIpc) is 2.38. The van der Waals surface area contributed by atoms with Crippen LogP contribution in [0.25, 0.3) is 0 Å². The summed E-state index contributed by atoms with van der Waals surface area (Å²) in [5.41, 5.74) is 1.25. The second-order valence-corrected chi connectivity index (χ2v) is 6.34. The molecule has 1 aromatic rings. The zero-order valence-electron chi connectivity index (χ0n) is 11.6. The second-order valence-electron chi connectivity index (χ2n) is 5.90. The number of nitrogens with zero attached hydrogens (tertiary/aromatic N) is 1. The number of hydrogen-bond donors (Lipinski definition) is 1. The van der Waals surface area contributed by atoms with Gasteiger partial charge in [0.1, 0.15) is 11.4 Å². The number of ether oxygens (including phenoxy) is 1. The maximum Gasteiger partial charge on any atom is 0.126 e. The summed E-state index contributed by atoms with van der Waals surface area (Å²) in [6.45, 7) is 2.08. The predicted octanol–water partition coefficient (Wildman–Crippen LogP) is 2.85. The molecule has 1 atom stereocenters. The van der Waals surface area contributed by atoms with E-state index in [1.165, 1.54) is 5.56 Å². The van der Waals surface area contributed by atoms with Crippen LogP contribution in [0.1, 0.15) is 30.9 Å². The third kappa shape index (κ3) is 2.47. The van der Waals surface area contributed by atoms with E-state index in [0.29, 0.717) is 6.04 Å². The Morgan fingerprint density at radius 2 is 2.05 bits per heavy atom. The lowest BCUT2D eigenvalue weighted by molar-refractivity contribution is -0.0118. The molecule has 3 nitrogen and oxygen atoms in total. The third-order valence-corrected chi connectivity index (χ3v) is 4.60. The van der Waals surface area contributed by atoms with Crippen molar-refractivity contribution in [2.45, 2.75) is 30.9 Å². The lowest BCUT2D eigenvalue weighted by Gasteiger charge is -2.46. The van der Waals surface area contributed by atoms with Crippen LogP contribution in [0.4, 0.5) is 0 Å². The van der Waals surface area contributed by atoms with Gasteiger partial charge in [-0.15, -0.1) is 0 Å². The first-order valence-corrected chi connectivity index (χ1v) is 7.33. The second kappa shape index (κ2) is 4.97. The molecule has 1 fully saturated rings.